The Morgan fingerprint density at radius 3 is 2.24 bits per heavy atom. The van der Waals surface area contributed by atoms with Crippen molar-refractivity contribution in [3.8, 4) is 10.4 Å². The summed E-state index contributed by atoms with van der Waals surface area (Å²) in [6.07, 6.45) is 1.10. The number of amides is 1. The van der Waals surface area contributed by atoms with Crippen LogP contribution in [-0.2, 0) is 9.84 Å². The first-order valence-electron chi connectivity index (χ1n) is 8.00. The zero-order valence-corrected chi connectivity index (χ0v) is 17.9. The van der Waals surface area contributed by atoms with Gasteiger partial charge in [-0.3, -0.25) is 4.79 Å². The van der Waals surface area contributed by atoms with Crippen molar-refractivity contribution in [3.05, 3.63) is 69.0 Å². The second kappa shape index (κ2) is 8.16. The zero-order valence-electron chi connectivity index (χ0n) is 14.8. The quantitative estimate of drug-likeness (QED) is 0.542. The third kappa shape index (κ3) is 4.79. The minimum absolute atomic E-state index is 0.0642. The summed E-state index contributed by atoms with van der Waals surface area (Å²) >= 11 is 12.8. The van der Waals surface area contributed by atoms with Crippen molar-refractivity contribution < 1.29 is 23.1 Å². The first-order valence-corrected chi connectivity index (χ1v) is 11.5. The number of thiophene rings is 1. The highest BCUT2D eigenvalue weighted by Crippen LogP contribution is 2.36. The molecule has 0 radical (unpaired) electrons. The second-order valence-corrected chi connectivity index (χ2v) is 9.95. The van der Waals surface area contributed by atoms with Crippen molar-refractivity contribution in [2.75, 3.05) is 11.6 Å². The van der Waals surface area contributed by atoms with Crippen molar-refractivity contribution >= 4 is 61.9 Å². The van der Waals surface area contributed by atoms with E-state index in [2.05, 4.69) is 5.32 Å². The lowest BCUT2D eigenvalue weighted by Gasteiger charge is -2.06. The van der Waals surface area contributed by atoms with Crippen LogP contribution in [0.4, 0.5) is 5.69 Å². The number of halogens is 2. The van der Waals surface area contributed by atoms with E-state index < -0.39 is 21.7 Å². The van der Waals surface area contributed by atoms with Crippen molar-refractivity contribution in [3.63, 3.8) is 0 Å². The third-order valence-electron chi connectivity index (χ3n) is 3.92. The van der Waals surface area contributed by atoms with Crippen molar-refractivity contribution in [1.29, 1.82) is 0 Å². The first kappa shape index (κ1) is 21.3. The van der Waals surface area contributed by atoms with Gasteiger partial charge in [0.25, 0.3) is 5.91 Å². The number of hydrogen-bond acceptors (Lipinski definition) is 5. The molecule has 0 saturated carbocycles. The van der Waals surface area contributed by atoms with Crippen molar-refractivity contribution in [1.82, 2.24) is 0 Å². The molecule has 6 nitrogen and oxygen atoms in total. The number of nitrogens with one attached hydrogen (secondary N) is 1. The van der Waals surface area contributed by atoms with Crippen molar-refractivity contribution in [2.45, 2.75) is 4.90 Å². The first-order chi connectivity index (χ1) is 13.6. The van der Waals surface area contributed by atoms with E-state index in [4.69, 9.17) is 23.2 Å². The van der Waals surface area contributed by atoms with Crippen LogP contribution in [0.2, 0.25) is 10.0 Å². The van der Waals surface area contributed by atoms with Crippen LogP contribution in [0.1, 0.15) is 20.0 Å². The molecule has 2 aromatic carbocycles. The van der Waals surface area contributed by atoms with Crippen LogP contribution in [0, 0.1) is 0 Å². The molecule has 0 aliphatic rings. The maximum atomic E-state index is 12.5. The van der Waals surface area contributed by atoms with E-state index >= 15 is 0 Å². The van der Waals surface area contributed by atoms with Gasteiger partial charge in [0.05, 0.1) is 21.2 Å². The fourth-order valence-electron chi connectivity index (χ4n) is 2.51. The van der Waals surface area contributed by atoms with Crippen molar-refractivity contribution in [2.24, 2.45) is 0 Å². The Balaban J connectivity index is 1.95. The maximum absolute atomic E-state index is 12.5. The molecule has 0 bridgehead atoms. The van der Waals surface area contributed by atoms with Gasteiger partial charge in [-0.1, -0.05) is 35.3 Å². The van der Waals surface area contributed by atoms with Gasteiger partial charge >= 0.3 is 5.97 Å². The largest absolute Gasteiger partial charge is 0.477 e. The lowest BCUT2D eigenvalue weighted by atomic mass is 10.1. The molecule has 29 heavy (non-hydrogen) atoms. The molecule has 10 heteroatoms. The minimum Gasteiger partial charge on any atom is -0.477 e. The average Bonchev–Trinajstić information content (AvgIpc) is 3.05. The van der Waals surface area contributed by atoms with Gasteiger partial charge in [0.15, 0.2) is 9.84 Å². The summed E-state index contributed by atoms with van der Waals surface area (Å²) in [7, 11) is -3.34. The summed E-state index contributed by atoms with van der Waals surface area (Å²) in [4.78, 5) is 24.8. The molecule has 0 aliphatic heterocycles. The number of aromatic carboxylic acids is 1. The normalized spacial score (nSPS) is 11.3. The number of carbonyl (C=O) groups excluding carboxylic acids is 1. The summed E-state index contributed by atoms with van der Waals surface area (Å²) in [5, 5.41) is 12.6. The van der Waals surface area contributed by atoms with E-state index in [0.29, 0.717) is 15.5 Å². The number of carboxylic acids is 1. The fraction of sp³-hybridized carbons (Fsp3) is 0.0526. The SMILES string of the molecule is CS(=O)(=O)c1ccc(-c2cc(NC(=O)c3ccc(Cl)cc3Cl)c(C(=O)O)s2)cc1. The topological polar surface area (TPSA) is 101 Å². The van der Waals surface area contributed by atoms with Crippen LogP contribution in [0.3, 0.4) is 0 Å². The van der Waals surface area contributed by atoms with Gasteiger partial charge in [-0.05, 0) is 42.0 Å². The Morgan fingerprint density at radius 2 is 1.69 bits per heavy atom. The Hall–Kier alpha value is -2.39. The number of rotatable bonds is 5. The highest BCUT2D eigenvalue weighted by molar-refractivity contribution is 7.90. The molecule has 0 unspecified atom stereocenters. The second-order valence-electron chi connectivity index (χ2n) is 6.03. The van der Waals surface area contributed by atoms with Crippen LogP contribution in [0.5, 0.6) is 0 Å². The standard InChI is InChI=1S/C19H13Cl2NO5S2/c1-29(26,27)12-5-2-10(3-6-12)16-9-15(17(28-16)19(24)25)22-18(23)13-7-4-11(20)8-14(13)21/h2-9H,1H3,(H,22,23)(H,24,25). The smallest absolute Gasteiger partial charge is 0.348 e. The Kier molecular flexibility index (Phi) is 6.00. The maximum Gasteiger partial charge on any atom is 0.348 e. The molecule has 1 aromatic heterocycles. The van der Waals surface area contributed by atoms with Crippen LogP contribution in [0.15, 0.2) is 53.4 Å². The lowest BCUT2D eigenvalue weighted by molar-refractivity contribution is 0.0703. The van der Waals surface area contributed by atoms with Gasteiger partial charge in [0, 0.05) is 16.2 Å². The molecular formula is C19H13Cl2NO5S2. The molecule has 0 aliphatic carbocycles. The molecule has 3 aromatic rings. The number of hydrogen-bond donors (Lipinski definition) is 2. The minimum atomic E-state index is -3.34. The Labute approximate surface area is 180 Å². The van der Waals surface area contributed by atoms with Crippen LogP contribution in [0.25, 0.3) is 10.4 Å². The predicted molar refractivity (Wildman–Crippen MR) is 114 cm³/mol. The molecule has 3 rings (SSSR count). The predicted octanol–water partition coefficient (Wildman–Crippen LogP) is 5.08. The average molecular weight is 470 g/mol. The summed E-state index contributed by atoms with van der Waals surface area (Å²) in [5.41, 5.74) is 0.883. The van der Waals surface area contributed by atoms with Gasteiger partial charge in [-0.25, -0.2) is 13.2 Å². The molecule has 0 atom stereocenters. The molecule has 0 fully saturated rings. The number of carbonyl (C=O) groups is 2. The molecule has 1 amide bonds. The van der Waals surface area contributed by atoms with E-state index in [1.165, 1.54) is 36.4 Å². The summed E-state index contributed by atoms with van der Waals surface area (Å²) in [6.45, 7) is 0. The molecular weight excluding hydrogens is 457 g/mol. The lowest BCUT2D eigenvalue weighted by Crippen LogP contribution is -2.13. The Morgan fingerprint density at radius 1 is 1.03 bits per heavy atom. The van der Waals surface area contributed by atoms with Gasteiger partial charge in [0.2, 0.25) is 0 Å². The van der Waals surface area contributed by atoms with Gasteiger partial charge in [-0.15, -0.1) is 11.3 Å². The number of anilines is 1. The van der Waals surface area contributed by atoms with Crippen LogP contribution >= 0.6 is 34.5 Å². The molecule has 0 saturated heterocycles. The highest BCUT2D eigenvalue weighted by atomic mass is 35.5. The van der Waals surface area contributed by atoms with Gasteiger partial charge in [0.1, 0.15) is 4.88 Å². The third-order valence-corrected chi connectivity index (χ3v) is 6.77. The summed E-state index contributed by atoms with van der Waals surface area (Å²) in [6, 6.07) is 11.9. The monoisotopic (exact) mass is 469 g/mol. The van der Waals surface area contributed by atoms with E-state index in [-0.39, 0.29) is 26.0 Å². The fourth-order valence-corrected chi connectivity index (χ4v) is 4.60. The number of benzene rings is 2. The molecule has 150 valence electrons. The number of sulfone groups is 1. The molecule has 1 heterocycles. The van der Waals surface area contributed by atoms with Crippen LogP contribution in [-0.4, -0.2) is 31.7 Å². The van der Waals surface area contributed by atoms with E-state index in [1.54, 1.807) is 12.1 Å². The van der Waals surface area contributed by atoms with E-state index in [1.807, 2.05) is 0 Å². The summed E-state index contributed by atoms with van der Waals surface area (Å²) < 4.78 is 23.2. The highest BCUT2D eigenvalue weighted by Gasteiger charge is 2.20. The summed E-state index contributed by atoms with van der Waals surface area (Å²) in [5.74, 6) is -1.78. The van der Waals surface area contributed by atoms with Gasteiger partial charge in [-0.2, -0.15) is 0 Å². The molecule has 2 N–H and O–H groups in total. The van der Waals surface area contributed by atoms with E-state index in [9.17, 15) is 23.1 Å². The molecule has 0 spiro atoms. The van der Waals surface area contributed by atoms with Gasteiger partial charge < -0.3 is 10.4 Å². The Bertz CT molecular complexity index is 1220. The zero-order chi connectivity index (χ0) is 21.3. The number of carboxylic acid groups (broad SMARTS) is 1. The van der Waals surface area contributed by atoms with E-state index in [0.717, 1.165) is 17.6 Å². The van der Waals surface area contributed by atoms with Crippen LogP contribution < -0.4 is 5.32 Å².